The number of nitrogens with zero attached hydrogens (tertiary/aromatic N) is 2. The molecule has 0 aromatic rings. The van der Waals surface area contributed by atoms with E-state index < -0.39 is 12.0 Å². The van der Waals surface area contributed by atoms with Crippen molar-refractivity contribution in [1.29, 1.82) is 5.41 Å². The SMILES string of the molecule is C/N=C(/C(=N)OC(N)=O)N(N)CNCC1CCCCC1. The van der Waals surface area contributed by atoms with E-state index in [4.69, 9.17) is 17.0 Å². The molecule has 1 fully saturated rings. The number of carbonyl (C=O) groups is 1. The molecule has 1 rings (SSSR count). The fourth-order valence-corrected chi connectivity index (χ4v) is 2.36. The van der Waals surface area contributed by atoms with Gasteiger partial charge < -0.3 is 10.5 Å². The average molecular weight is 284 g/mol. The van der Waals surface area contributed by atoms with Crippen molar-refractivity contribution < 1.29 is 9.53 Å². The molecule has 0 saturated heterocycles. The van der Waals surface area contributed by atoms with Crippen LogP contribution in [-0.2, 0) is 4.74 Å². The van der Waals surface area contributed by atoms with Crippen molar-refractivity contribution >= 4 is 17.8 Å². The number of ether oxygens (including phenoxy) is 1. The molecule has 0 aromatic heterocycles. The summed E-state index contributed by atoms with van der Waals surface area (Å²) in [6.07, 6.45) is 5.34. The van der Waals surface area contributed by atoms with E-state index in [0.717, 1.165) is 6.54 Å². The summed E-state index contributed by atoms with van der Waals surface area (Å²) in [4.78, 5) is 14.4. The zero-order valence-corrected chi connectivity index (χ0v) is 11.9. The molecule has 1 amide bonds. The van der Waals surface area contributed by atoms with Gasteiger partial charge in [0.15, 0.2) is 0 Å². The number of amidine groups is 1. The zero-order valence-electron chi connectivity index (χ0n) is 11.9. The number of primary amides is 1. The summed E-state index contributed by atoms with van der Waals surface area (Å²) >= 11 is 0. The Morgan fingerprint density at radius 1 is 1.45 bits per heavy atom. The normalized spacial score (nSPS) is 16.8. The number of nitrogens with one attached hydrogen (secondary N) is 2. The number of hydrazine groups is 1. The molecule has 0 unspecified atom stereocenters. The molecule has 20 heavy (non-hydrogen) atoms. The lowest BCUT2D eigenvalue weighted by Gasteiger charge is -2.24. The summed E-state index contributed by atoms with van der Waals surface area (Å²) in [5, 5.41) is 12.0. The summed E-state index contributed by atoms with van der Waals surface area (Å²) in [6, 6.07) is 0. The van der Waals surface area contributed by atoms with Crippen LogP contribution < -0.4 is 16.9 Å². The summed E-state index contributed by atoms with van der Waals surface area (Å²) < 4.78 is 4.46. The monoisotopic (exact) mass is 284 g/mol. The molecule has 8 heteroatoms. The number of hydrogen-bond acceptors (Lipinski definition) is 6. The Bertz CT molecular complexity index is 365. The molecular weight excluding hydrogens is 260 g/mol. The van der Waals surface area contributed by atoms with Crippen LogP contribution in [0.5, 0.6) is 0 Å². The van der Waals surface area contributed by atoms with E-state index in [1.807, 2.05) is 0 Å². The summed E-state index contributed by atoms with van der Waals surface area (Å²) in [5.74, 6) is 6.08. The number of aliphatic imine (C=N–C) groups is 1. The van der Waals surface area contributed by atoms with Gasteiger partial charge in [0.1, 0.15) is 0 Å². The third-order valence-corrected chi connectivity index (χ3v) is 3.33. The lowest BCUT2D eigenvalue weighted by Crippen LogP contribution is -2.48. The van der Waals surface area contributed by atoms with Crippen LogP contribution in [0.1, 0.15) is 32.1 Å². The first-order valence-electron chi connectivity index (χ1n) is 6.80. The third kappa shape index (κ3) is 5.54. The van der Waals surface area contributed by atoms with Crippen LogP contribution in [0.25, 0.3) is 0 Å². The maximum atomic E-state index is 10.6. The summed E-state index contributed by atoms with van der Waals surface area (Å²) in [7, 11) is 1.47. The molecule has 0 aliphatic heterocycles. The quantitative estimate of drug-likeness (QED) is 0.195. The van der Waals surface area contributed by atoms with Gasteiger partial charge in [0.25, 0.3) is 5.90 Å². The van der Waals surface area contributed by atoms with Crippen molar-refractivity contribution in [3.05, 3.63) is 0 Å². The summed E-state index contributed by atoms with van der Waals surface area (Å²) in [5.41, 5.74) is 4.85. The first-order chi connectivity index (χ1) is 9.54. The van der Waals surface area contributed by atoms with Gasteiger partial charge in [-0.15, -0.1) is 0 Å². The molecule has 1 aliphatic rings. The lowest BCUT2D eigenvalue weighted by molar-refractivity contribution is 0.208. The molecule has 1 saturated carbocycles. The van der Waals surface area contributed by atoms with Crippen LogP contribution in [0.4, 0.5) is 4.79 Å². The second-order valence-corrected chi connectivity index (χ2v) is 4.88. The predicted octanol–water partition coefficient (Wildman–Crippen LogP) is 0.390. The molecule has 114 valence electrons. The highest BCUT2D eigenvalue weighted by atomic mass is 16.6. The smallest absolute Gasteiger partial charge is 0.388 e. The molecule has 0 atom stereocenters. The molecule has 8 nitrogen and oxygen atoms in total. The molecular formula is C12H24N6O2. The first kappa shape index (κ1) is 16.4. The van der Waals surface area contributed by atoms with E-state index in [-0.39, 0.29) is 5.84 Å². The van der Waals surface area contributed by atoms with Crippen LogP contribution in [0.15, 0.2) is 4.99 Å². The number of amides is 1. The van der Waals surface area contributed by atoms with Crippen LogP contribution >= 0.6 is 0 Å². The van der Waals surface area contributed by atoms with Gasteiger partial charge >= 0.3 is 6.09 Å². The van der Waals surface area contributed by atoms with E-state index in [0.29, 0.717) is 12.6 Å². The Labute approximate surface area is 119 Å². The highest BCUT2D eigenvalue weighted by Gasteiger charge is 2.17. The van der Waals surface area contributed by atoms with Gasteiger partial charge in [-0.3, -0.25) is 20.7 Å². The van der Waals surface area contributed by atoms with E-state index in [1.165, 1.54) is 44.2 Å². The number of nitrogens with two attached hydrogens (primary N) is 2. The van der Waals surface area contributed by atoms with E-state index in [2.05, 4.69) is 15.0 Å². The van der Waals surface area contributed by atoms with Crippen LogP contribution in [0, 0.1) is 11.3 Å². The van der Waals surface area contributed by atoms with Crippen molar-refractivity contribution in [1.82, 2.24) is 10.3 Å². The standard InChI is InChI=1S/C12H24N6O2/c1-16-11(10(13)20-12(14)19)18(15)8-17-7-9-5-3-2-4-6-9/h9,13,17H,2-8,15H2,1H3,(H2,14,19)/b13-10?,16-11-. The Morgan fingerprint density at radius 2 is 2.10 bits per heavy atom. The van der Waals surface area contributed by atoms with E-state index in [1.54, 1.807) is 0 Å². The minimum atomic E-state index is -1.06. The fourth-order valence-electron chi connectivity index (χ4n) is 2.36. The van der Waals surface area contributed by atoms with Crippen molar-refractivity contribution in [3.8, 4) is 0 Å². The highest BCUT2D eigenvalue weighted by molar-refractivity contribution is 6.37. The number of rotatable bonds is 4. The maximum absolute atomic E-state index is 10.6. The molecule has 0 heterocycles. The van der Waals surface area contributed by atoms with Crippen LogP contribution in [-0.4, -0.2) is 43.1 Å². The van der Waals surface area contributed by atoms with Crippen molar-refractivity contribution in [2.45, 2.75) is 32.1 Å². The second kappa shape index (κ2) is 8.49. The molecule has 6 N–H and O–H groups in total. The second-order valence-electron chi connectivity index (χ2n) is 4.88. The average Bonchev–Trinajstić information content (AvgIpc) is 2.40. The molecule has 0 radical (unpaired) electrons. The highest BCUT2D eigenvalue weighted by Crippen LogP contribution is 2.22. The third-order valence-electron chi connectivity index (χ3n) is 3.33. The Hall–Kier alpha value is -1.67. The zero-order chi connectivity index (χ0) is 15.0. The topological polar surface area (TPSA) is 130 Å². The van der Waals surface area contributed by atoms with Crippen molar-refractivity contribution in [2.24, 2.45) is 22.5 Å². The maximum Gasteiger partial charge on any atom is 0.411 e. The molecule has 0 spiro atoms. The van der Waals surface area contributed by atoms with Crippen LogP contribution in [0.3, 0.4) is 0 Å². The number of hydrogen-bond donors (Lipinski definition) is 4. The minimum absolute atomic E-state index is 0.0694. The van der Waals surface area contributed by atoms with Gasteiger partial charge in [0.05, 0.1) is 6.67 Å². The van der Waals surface area contributed by atoms with Crippen molar-refractivity contribution in [2.75, 3.05) is 20.3 Å². The first-order valence-corrected chi connectivity index (χ1v) is 6.80. The summed E-state index contributed by atoms with van der Waals surface area (Å²) in [6.45, 7) is 1.21. The van der Waals surface area contributed by atoms with E-state index >= 15 is 0 Å². The van der Waals surface area contributed by atoms with E-state index in [9.17, 15) is 4.79 Å². The molecule has 1 aliphatic carbocycles. The predicted molar refractivity (Wildman–Crippen MR) is 77.2 cm³/mol. The Morgan fingerprint density at radius 3 is 2.65 bits per heavy atom. The van der Waals surface area contributed by atoms with Gasteiger partial charge in [0, 0.05) is 7.05 Å². The largest absolute Gasteiger partial charge is 0.411 e. The number of carbonyl (C=O) groups excluding carboxylic acids is 1. The fraction of sp³-hybridized carbons (Fsp3) is 0.750. The van der Waals surface area contributed by atoms with Gasteiger partial charge in [0.2, 0.25) is 5.84 Å². The van der Waals surface area contributed by atoms with Gasteiger partial charge in [-0.25, -0.2) is 10.6 Å². The lowest BCUT2D eigenvalue weighted by atomic mass is 9.89. The van der Waals surface area contributed by atoms with Crippen LogP contribution in [0.2, 0.25) is 0 Å². The Balaban J connectivity index is 2.33. The minimum Gasteiger partial charge on any atom is -0.388 e. The van der Waals surface area contributed by atoms with Gasteiger partial charge in [-0.05, 0) is 25.3 Å². The molecule has 0 aromatic carbocycles. The van der Waals surface area contributed by atoms with Gasteiger partial charge in [-0.1, -0.05) is 19.3 Å². The molecule has 0 bridgehead atoms. The Kier molecular flexibility index (Phi) is 6.96. The van der Waals surface area contributed by atoms with Gasteiger partial charge in [-0.2, -0.15) is 0 Å². The van der Waals surface area contributed by atoms with Crippen molar-refractivity contribution in [3.63, 3.8) is 0 Å².